The highest BCUT2D eigenvalue weighted by Gasteiger charge is 2.19. The van der Waals surface area contributed by atoms with E-state index in [0.717, 1.165) is 16.7 Å². The number of carbonyl (C=O) groups excluding carboxylic acids is 1. The van der Waals surface area contributed by atoms with Crippen molar-refractivity contribution in [2.45, 2.75) is 6.42 Å². The second kappa shape index (κ2) is 10.3. The first-order valence-corrected chi connectivity index (χ1v) is 11.4. The number of carbonyl (C=O) groups is 1. The minimum atomic E-state index is -0.308. The number of para-hydroxylation sites is 1. The topological polar surface area (TPSA) is 117 Å². The van der Waals surface area contributed by atoms with Gasteiger partial charge in [-0.15, -0.1) is 0 Å². The van der Waals surface area contributed by atoms with E-state index >= 15 is 0 Å². The van der Waals surface area contributed by atoms with Crippen LogP contribution in [0.2, 0.25) is 0 Å². The molecule has 0 saturated heterocycles. The summed E-state index contributed by atoms with van der Waals surface area (Å²) in [5.74, 6) is 1.86. The van der Waals surface area contributed by atoms with Gasteiger partial charge in [0.15, 0.2) is 0 Å². The smallest absolute Gasteiger partial charge is 0.273 e. The van der Waals surface area contributed by atoms with Crippen LogP contribution in [0.4, 0.5) is 5.69 Å². The lowest BCUT2D eigenvalue weighted by Gasteiger charge is -2.09. The number of hydrogen-bond acceptors (Lipinski definition) is 8. The third-order valence-corrected chi connectivity index (χ3v) is 5.79. The molecule has 5 rings (SSSR count). The molecule has 1 N–H and O–H groups in total. The minimum Gasteiger partial charge on any atom is -0.497 e. The molecule has 0 radical (unpaired) electrons. The van der Waals surface area contributed by atoms with Gasteiger partial charge in [-0.25, -0.2) is 0 Å². The van der Waals surface area contributed by atoms with E-state index in [1.54, 1.807) is 51.9 Å². The zero-order valence-electron chi connectivity index (χ0n) is 20.5. The van der Waals surface area contributed by atoms with Crippen LogP contribution in [-0.2, 0) is 13.5 Å². The number of amides is 1. The average molecular weight is 497 g/mol. The number of methoxy groups -OCH3 is 2. The van der Waals surface area contributed by atoms with Crippen LogP contribution in [0.3, 0.4) is 0 Å². The highest BCUT2D eigenvalue weighted by molar-refractivity contribution is 6.04. The minimum absolute atomic E-state index is 0.308. The van der Waals surface area contributed by atoms with E-state index < -0.39 is 0 Å². The summed E-state index contributed by atoms with van der Waals surface area (Å²) in [6, 6.07) is 18.3. The fourth-order valence-electron chi connectivity index (χ4n) is 3.91. The Morgan fingerprint density at radius 3 is 2.70 bits per heavy atom. The van der Waals surface area contributed by atoms with Gasteiger partial charge in [0.25, 0.3) is 5.91 Å². The van der Waals surface area contributed by atoms with E-state index in [2.05, 4.69) is 25.5 Å². The van der Waals surface area contributed by atoms with E-state index in [4.69, 9.17) is 14.0 Å². The number of anilines is 1. The van der Waals surface area contributed by atoms with Crippen molar-refractivity contribution in [1.82, 2.24) is 24.9 Å². The standard InChI is InChI=1S/C27H24N6O4/c1-33-23(15-22(31-33)20-14-19(35-2)10-11-24(20)36-3)27(34)29-21-9-5-4-7-17(21)13-25-30-26(32-37-25)18-8-6-12-28-16-18/h4-12,14-16H,13H2,1-3H3,(H,29,34). The Bertz CT molecular complexity index is 1540. The molecule has 0 atom stereocenters. The Labute approximate surface area is 212 Å². The predicted octanol–water partition coefficient (Wildman–Crippen LogP) is 4.39. The Balaban J connectivity index is 1.37. The van der Waals surface area contributed by atoms with Crippen molar-refractivity contribution in [3.63, 3.8) is 0 Å². The van der Waals surface area contributed by atoms with Crippen molar-refractivity contribution >= 4 is 11.6 Å². The molecule has 5 aromatic rings. The van der Waals surface area contributed by atoms with Crippen LogP contribution < -0.4 is 14.8 Å². The summed E-state index contributed by atoms with van der Waals surface area (Å²) < 4.78 is 17.8. The molecule has 0 aliphatic carbocycles. The van der Waals surface area contributed by atoms with Gasteiger partial charge in [0.05, 0.1) is 26.3 Å². The van der Waals surface area contributed by atoms with Crippen molar-refractivity contribution in [3.8, 4) is 34.1 Å². The van der Waals surface area contributed by atoms with Crippen molar-refractivity contribution in [2.75, 3.05) is 19.5 Å². The maximum absolute atomic E-state index is 13.3. The molecule has 3 aromatic heterocycles. The molecule has 3 heterocycles. The summed E-state index contributed by atoms with van der Waals surface area (Å²) in [7, 11) is 4.89. The summed E-state index contributed by atoms with van der Waals surface area (Å²) >= 11 is 0. The summed E-state index contributed by atoms with van der Waals surface area (Å²) in [4.78, 5) is 21.8. The SMILES string of the molecule is COc1ccc(OC)c(-c2cc(C(=O)Nc3ccccc3Cc3nc(-c4cccnc4)no3)n(C)n2)c1. The number of nitrogens with zero attached hydrogens (tertiary/aromatic N) is 5. The van der Waals surface area contributed by atoms with Gasteiger partial charge in [-0.3, -0.25) is 14.5 Å². The highest BCUT2D eigenvalue weighted by Crippen LogP contribution is 2.33. The third kappa shape index (κ3) is 5.03. The van der Waals surface area contributed by atoms with E-state index in [1.165, 1.54) is 4.68 Å². The fraction of sp³-hybridized carbons (Fsp3) is 0.148. The molecule has 186 valence electrons. The lowest BCUT2D eigenvalue weighted by atomic mass is 10.1. The average Bonchev–Trinajstić information content (AvgIpc) is 3.56. The fourth-order valence-corrected chi connectivity index (χ4v) is 3.91. The van der Waals surface area contributed by atoms with E-state index in [-0.39, 0.29) is 5.91 Å². The Kier molecular flexibility index (Phi) is 6.62. The Hall–Kier alpha value is -4.99. The summed E-state index contributed by atoms with van der Waals surface area (Å²) in [5.41, 5.74) is 3.91. The first-order chi connectivity index (χ1) is 18.1. The third-order valence-electron chi connectivity index (χ3n) is 5.79. The molecule has 10 nitrogen and oxygen atoms in total. The summed E-state index contributed by atoms with van der Waals surface area (Å²) in [6.45, 7) is 0. The van der Waals surface area contributed by atoms with E-state index in [1.807, 2.05) is 42.5 Å². The number of rotatable bonds is 8. The molecule has 10 heteroatoms. The van der Waals surface area contributed by atoms with Crippen LogP contribution in [-0.4, -0.2) is 45.0 Å². The molecular weight excluding hydrogens is 472 g/mol. The molecule has 0 aliphatic rings. The number of nitrogens with one attached hydrogen (secondary N) is 1. The maximum Gasteiger partial charge on any atom is 0.273 e. The lowest BCUT2D eigenvalue weighted by Crippen LogP contribution is -2.17. The van der Waals surface area contributed by atoms with E-state index in [0.29, 0.717) is 46.7 Å². The molecular formula is C27H24N6O4. The second-order valence-electron chi connectivity index (χ2n) is 8.15. The number of aryl methyl sites for hydroxylation is 1. The second-order valence-corrected chi connectivity index (χ2v) is 8.15. The van der Waals surface area contributed by atoms with Gasteiger partial charge in [0.2, 0.25) is 11.7 Å². The molecule has 37 heavy (non-hydrogen) atoms. The van der Waals surface area contributed by atoms with E-state index in [9.17, 15) is 4.79 Å². The van der Waals surface area contributed by atoms with Crippen LogP contribution in [0.15, 0.2) is 77.6 Å². The van der Waals surface area contributed by atoms with Crippen LogP contribution in [0.25, 0.3) is 22.6 Å². The van der Waals surface area contributed by atoms with Gasteiger partial charge >= 0.3 is 0 Å². The monoisotopic (exact) mass is 496 g/mol. The van der Waals surface area contributed by atoms with Gasteiger partial charge in [0, 0.05) is 36.3 Å². The number of ether oxygens (including phenoxy) is 2. The van der Waals surface area contributed by atoms with Crippen molar-refractivity contribution in [1.29, 1.82) is 0 Å². The molecule has 0 saturated carbocycles. The number of hydrogen-bond donors (Lipinski definition) is 1. The highest BCUT2D eigenvalue weighted by atomic mass is 16.5. The van der Waals surface area contributed by atoms with Gasteiger partial charge in [0.1, 0.15) is 17.2 Å². The number of benzene rings is 2. The normalized spacial score (nSPS) is 10.8. The van der Waals surface area contributed by atoms with Crippen LogP contribution in [0, 0.1) is 0 Å². The van der Waals surface area contributed by atoms with Crippen molar-refractivity contribution < 1.29 is 18.8 Å². The molecule has 1 amide bonds. The molecule has 0 bridgehead atoms. The first kappa shape index (κ1) is 23.7. The quantitative estimate of drug-likeness (QED) is 0.336. The lowest BCUT2D eigenvalue weighted by molar-refractivity contribution is 0.101. The predicted molar refractivity (Wildman–Crippen MR) is 136 cm³/mol. The molecule has 0 spiro atoms. The molecule has 0 unspecified atom stereocenters. The van der Waals surface area contributed by atoms with Gasteiger partial charge in [-0.1, -0.05) is 23.4 Å². The zero-order valence-corrected chi connectivity index (χ0v) is 20.5. The van der Waals surface area contributed by atoms with Gasteiger partial charge in [-0.05, 0) is 48.0 Å². The Morgan fingerprint density at radius 1 is 1.05 bits per heavy atom. The molecule has 0 fully saturated rings. The maximum atomic E-state index is 13.3. The van der Waals surface area contributed by atoms with Crippen LogP contribution >= 0.6 is 0 Å². The number of pyridine rings is 1. The van der Waals surface area contributed by atoms with Crippen molar-refractivity contribution in [3.05, 3.63) is 90.2 Å². The summed E-state index contributed by atoms with van der Waals surface area (Å²) in [5, 5.41) is 11.6. The van der Waals surface area contributed by atoms with Crippen LogP contribution in [0.5, 0.6) is 11.5 Å². The zero-order chi connectivity index (χ0) is 25.8. The van der Waals surface area contributed by atoms with Crippen molar-refractivity contribution in [2.24, 2.45) is 7.05 Å². The molecule has 2 aromatic carbocycles. The molecule has 0 aliphatic heterocycles. The summed E-state index contributed by atoms with van der Waals surface area (Å²) in [6.07, 6.45) is 3.70. The largest absolute Gasteiger partial charge is 0.497 e. The first-order valence-electron chi connectivity index (χ1n) is 11.4. The van der Waals surface area contributed by atoms with Gasteiger partial charge < -0.3 is 19.3 Å². The number of aromatic nitrogens is 5. The Morgan fingerprint density at radius 2 is 1.92 bits per heavy atom. The van der Waals surface area contributed by atoms with Crippen LogP contribution in [0.1, 0.15) is 21.9 Å². The van der Waals surface area contributed by atoms with Gasteiger partial charge in [-0.2, -0.15) is 10.1 Å².